The molecule has 2 heterocycles. The fraction of sp³-hybridized carbons (Fsp3) is 0.423. The number of ether oxygens (including phenoxy) is 1. The number of pyridine rings is 1. The number of fused-ring (bicyclic) bond motifs is 1. The van der Waals surface area contributed by atoms with E-state index in [2.05, 4.69) is 16.9 Å². The summed E-state index contributed by atoms with van der Waals surface area (Å²) >= 11 is 0. The van der Waals surface area contributed by atoms with Crippen molar-refractivity contribution in [3.05, 3.63) is 76.7 Å². The first-order valence-corrected chi connectivity index (χ1v) is 11.2. The molecule has 0 radical (unpaired) electrons. The number of aromatic nitrogens is 1. The van der Waals surface area contributed by atoms with E-state index in [1.54, 1.807) is 12.3 Å². The summed E-state index contributed by atoms with van der Waals surface area (Å²) in [5.41, 5.74) is 2.05. The van der Waals surface area contributed by atoms with Gasteiger partial charge in [-0.2, -0.15) is 13.2 Å². The summed E-state index contributed by atoms with van der Waals surface area (Å²) in [5, 5.41) is 0.484. The summed E-state index contributed by atoms with van der Waals surface area (Å²) in [4.78, 5) is 6.64. The first-order valence-electron chi connectivity index (χ1n) is 11.2. The highest BCUT2D eigenvalue weighted by molar-refractivity contribution is 5.83. The van der Waals surface area contributed by atoms with Gasteiger partial charge in [-0.05, 0) is 93.3 Å². The van der Waals surface area contributed by atoms with E-state index in [0.29, 0.717) is 29.5 Å². The molecular formula is C26H28F4N2O. The molecule has 0 saturated carbocycles. The molecule has 0 unspecified atom stereocenters. The van der Waals surface area contributed by atoms with Gasteiger partial charge >= 0.3 is 6.18 Å². The van der Waals surface area contributed by atoms with Crippen LogP contribution in [0.1, 0.15) is 35.1 Å². The molecule has 1 aliphatic heterocycles. The van der Waals surface area contributed by atoms with Crippen LogP contribution in [0.5, 0.6) is 0 Å². The summed E-state index contributed by atoms with van der Waals surface area (Å²) in [6, 6.07) is 10.6. The molecule has 1 saturated heterocycles. The number of rotatable bonds is 6. The normalized spacial score (nSPS) is 16.9. The Morgan fingerprint density at radius 2 is 1.76 bits per heavy atom. The molecule has 2 aromatic carbocycles. The highest BCUT2D eigenvalue weighted by atomic mass is 19.4. The lowest BCUT2D eigenvalue weighted by molar-refractivity contribution is -0.137. The lowest BCUT2D eigenvalue weighted by Crippen LogP contribution is -2.44. The Morgan fingerprint density at radius 1 is 1.06 bits per heavy atom. The van der Waals surface area contributed by atoms with E-state index in [-0.39, 0.29) is 17.8 Å². The number of hydrogen-bond acceptors (Lipinski definition) is 3. The van der Waals surface area contributed by atoms with Crippen molar-refractivity contribution < 1.29 is 22.3 Å². The van der Waals surface area contributed by atoms with Gasteiger partial charge in [0.1, 0.15) is 5.82 Å². The second-order valence-corrected chi connectivity index (χ2v) is 9.11. The molecule has 0 aliphatic carbocycles. The predicted octanol–water partition coefficient (Wildman–Crippen LogP) is 5.92. The van der Waals surface area contributed by atoms with Gasteiger partial charge < -0.3 is 9.64 Å². The van der Waals surface area contributed by atoms with E-state index in [1.165, 1.54) is 18.2 Å². The third-order valence-electron chi connectivity index (χ3n) is 6.62. The maximum Gasteiger partial charge on any atom is 0.416 e. The zero-order chi connectivity index (χ0) is 23.6. The fourth-order valence-corrected chi connectivity index (χ4v) is 4.61. The average Bonchev–Trinajstić information content (AvgIpc) is 2.77. The van der Waals surface area contributed by atoms with Crippen LogP contribution in [-0.4, -0.2) is 43.2 Å². The molecule has 3 nitrogen and oxygen atoms in total. The molecule has 176 valence electrons. The van der Waals surface area contributed by atoms with Crippen LogP contribution in [0.2, 0.25) is 0 Å². The Hall–Kier alpha value is -2.51. The molecule has 0 bridgehead atoms. The van der Waals surface area contributed by atoms with Crippen molar-refractivity contribution in [1.82, 2.24) is 9.88 Å². The number of benzene rings is 2. The van der Waals surface area contributed by atoms with Gasteiger partial charge in [0.25, 0.3) is 0 Å². The zero-order valence-electron chi connectivity index (χ0n) is 18.9. The molecule has 0 spiro atoms. The van der Waals surface area contributed by atoms with Crippen LogP contribution in [0.15, 0.2) is 48.7 Å². The van der Waals surface area contributed by atoms with Gasteiger partial charge in [-0.25, -0.2) is 4.39 Å². The minimum atomic E-state index is -4.42. The van der Waals surface area contributed by atoms with Crippen molar-refractivity contribution in [1.29, 1.82) is 0 Å². The van der Waals surface area contributed by atoms with E-state index < -0.39 is 11.7 Å². The predicted molar refractivity (Wildman–Crippen MR) is 121 cm³/mol. The molecule has 1 fully saturated rings. The number of halogens is 4. The summed E-state index contributed by atoms with van der Waals surface area (Å²) in [5.74, 6) is -0.276. The van der Waals surface area contributed by atoms with Crippen LogP contribution in [0.4, 0.5) is 17.6 Å². The van der Waals surface area contributed by atoms with E-state index in [0.717, 1.165) is 43.1 Å². The van der Waals surface area contributed by atoms with Gasteiger partial charge in [-0.1, -0.05) is 12.1 Å². The number of nitrogens with zero attached hydrogens (tertiary/aromatic N) is 2. The van der Waals surface area contributed by atoms with Crippen molar-refractivity contribution in [2.24, 2.45) is 0 Å². The molecule has 1 aromatic heterocycles. The van der Waals surface area contributed by atoms with E-state index >= 15 is 0 Å². The third-order valence-corrected chi connectivity index (χ3v) is 6.62. The molecule has 4 rings (SSSR count). The van der Waals surface area contributed by atoms with Crippen molar-refractivity contribution in [2.75, 3.05) is 33.4 Å². The fourth-order valence-electron chi connectivity index (χ4n) is 4.61. The number of piperidine rings is 1. The quantitative estimate of drug-likeness (QED) is 0.337. The number of likely N-dealkylation sites (tertiary alicyclic amines) is 1. The Balaban J connectivity index is 1.51. The zero-order valence-corrected chi connectivity index (χ0v) is 18.9. The molecule has 3 aromatic rings. The maximum absolute atomic E-state index is 13.5. The van der Waals surface area contributed by atoms with Crippen LogP contribution >= 0.6 is 0 Å². The van der Waals surface area contributed by atoms with Crippen molar-refractivity contribution in [3.63, 3.8) is 0 Å². The minimum absolute atomic E-state index is 0.231. The molecule has 0 atom stereocenters. The van der Waals surface area contributed by atoms with Gasteiger partial charge in [0, 0.05) is 17.0 Å². The summed E-state index contributed by atoms with van der Waals surface area (Å²) in [6.07, 6.45) is -0.670. The van der Waals surface area contributed by atoms with E-state index in [1.807, 2.05) is 19.1 Å². The first kappa shape index (κ1) is 23.6. The number of hydrogen-bond donors (Lipinski definition) is 0. The highest BCUT2D eigenvalue weighted by Crippen LogP contribution is 2.36. The van der Waals surface area contributed by atoms with Crippen LogP contribution in [-0.2, 0) is 22.7 Å². The highest BCUT2D eigenvalue weighted by Gasteiger charge is 2.36. The topological polar surface area (TPSA) is 25.4 Å². The second-order valence-electron chi connectivity index (χ2n) is 9.11. The van der Waals surface area contributed by atoms with Crippen LogP contribution in [0.25, 0.3) is 10.9 Å². The first-order chi connectivity index (χ1) is 15.7. The molecule has 1 aliphatic rings. The van der Waals surface area contributed by atoms with Crippen LogP contribution in [0, 0.1) is 12.7 Å². The van der Waals surface area contributed by atoms with Crippen LogP contribution < -0.4 is 0 Å². The van der Waals surface area contributed by atoms with Gasteiger partial charge in [0.2, 0.25) is 0 Å². The average molecular weight is 461 g/mol. The Labute approximate surface area is 191 Å². The molecule has 7 heteroatoms. The van der Waals surface area contributed by atoms with Crippen LogP contribution in [0.3, 0.4) is 0 Å². The Morgan fingerprint density at radius 3 is 2.42 bits per heavy atom. The summed E-state index contributed by atoms with van der Waals surface area (Å²) < 4.78 is 59.9. The molecule has 0 amide bonds. The van der Waals surface area contributed by atoms with Crippen molar-refractivity contribution in [3.8, 4) is 0 Å². The molecule has 33 heavy (non-hydrogen) atoms. The lowest BCUT2D eigenvalue weighted by atomic mass is 9.73. The summed E-state index contributed by atoms with van der Waals surface area (Å²) in [6.45, 7) is 4.34. The standard InChI is InChI=1S/C26H28F4N2O/c1-18-13-20-15-22(26(28,29)30)14-19(24(20)31-16-18)7-12-33-17-25(8-10-32(2)11-9-25)21-3-5-23(27)6-4-21/h3-6,13-16H,7-12,17H2,1-2H3. The van der Waals surface area contributed by atoms with E-state index in [9.17, 15) is 17.6 Å². The lowest BCUT2D eigenvalue weighted by Gasteiger charge is -2.41. The maximum atomic E-state index is 13.5. The van der Waals surface area contributed by atoms with Gasteiger partial charge in [-0.3, -0.25) is 4.98 Å². The van der Waals surface area contributed by atoms with E-state index in [4.69, 9.17) is 4.74 Å². The van der Waals surface area contributed by atoms with Gasteiger partial charge in [0.05, 0.1) is 24.3 Å². The van der Waals surface area contributed by atoms with Gasteiger partial charge in [-0.15, -0.1) is 0 Å². The van der Waals surface area contributed by atoms with Crippen molar-refractivity contribution >= 4 is 10.9 Å². The smallest absolute Gasteiger partial charge is 0.380 e. The molecular weight excluding hydrogens is 432 g/mol. The summed E-state index contributed by atoms with van der Waals surface area (Å²) in [7, 11) is 2.07. The van der Waals surface area contributed by atoms with Crippen molar-refractivity contribution in [2.45, 2.75) is 37.8 Å². The van der Waals surface area contributed by atoms with Gasteiger partial charge in [0.15, 0.2) is 0 Å². The monoisotopic (exact) mass is 460 g/mol. The Bertz CT molecular complexity index is 1100. The number of aryl methyl sites for hydroxylation is 1. The minimum Gasteiger partial charge on any atom is -0.380 e. The Kier molecular flexibility index (Phi) is 6.73. The molecule has 0 N–H and O–H groups in total. The number of alkyl halides is 3. The SMILES string of the molecule is Cc1cnc2c(CCOCC3(c4ccc(F)cc4)CCN(C)CC3)cc(C(F)(F)F)cc2c1. The second kappa shape index (κ2) is 9.39. The largest absolute Gasteiger partial charge is 0.416 e. The third kappa shape index (κ3) is 5.36.